The molecular weight excluding hydrogens is 268 g/mol. The number of rotatable bonds is 4. The Kier molecular flexibility index (Phi) is 4.86. The third-order valence-electron chi connectivity index (χ3n) is 4.08. The summed E-state index contributed by atoms with van der Waals surface area (Å²) in [6, 6.07) is 4.41. The molecule has 0 spiro atoms. The Balaban J connectivity index is 1.90. The summed E-state index contributed by atoms with van der Waals surface area (Å²) in [5, 5.41) is 6.54. The van der Waals surface area contributed by atoms with Crippen molar-refractivity contribution in [2.24, 2.45) is 5.41 Å². The zero-order valence-electron chi connectivity index (χ0n) is 13.0. The number of carbonyl (C=O) groups is 1. The Morgan fingerprint density at radius 3 is 2.90 bits per heavy atom. The van der Waals surface area contributed by atoms with Gasteiger partial charge in [-0.15, -0.1) is 11.3 Å². The molecule has 2 N–H and O–H groups in total. The number of amides is 1. The van der Waals surface area contributed by atoms with Gasteiger partial charge in [-0.05, 0) is 50.8 Å². The lowest BCUT2D eigenvalue weighted by atomic mass is 9.77. The predicted molar refractivity (Wildman–Crippen MR) is 85.2 cm³/mol. The maximum absolute atomic E-state index is 12.4. The SMILES string of the molecule is Cc1ccc(CC(C)NC(=O)C2NCCCC2(C)C)s1. The Morgan fingerprint density at radius 1 is 1.55 bits per heavy atom. The standard InChI is InChI=1S/C16H26N2OS/c1-11(10-13-7-6-12(2)20-13)18-15(19)14-16(3,4)8-5-9-17-14/h6-7,11,14,17H,5,8-10H2,1-4H3,(H,18,19). The minimum absolute atomic E-state index is 0.0432. The molecule has 1 saturated heterocycles. The van der Waals surface area contributed by atoms with Crippen molar-refractivity contribution in [2.75, 3.05) is 6.54 Å². The summed E-state index contributed by atoms with van der Waals surface area (Å²) in [6.45, 7) is 9.50. The number of piperidine rings is 1. The van der Waals surface area contributed by atoms with E-state index in [2.05, 4.69) is 50.5 Å². The monoisotopic (exact) mass is 294 g/mol. The van der Waals surface area contributed by atoms with Gasteiger partial charge in [-0.3, -0.25) is 4.79 Å². The van der Waals surface area contributed by atoms with E-state index in [1.165, 1.54) is 9.75 Å². The summed E-state index contributed by atoms with van der Waals surface area (Å²) < 4.78 is 0. The van der Waals surface area contributed by atoms with Gasteiger partial charge >= 0.3 is 0 Å². The maximum atomic E-state index is 12.4. The number of aryl methyl sites for hydroxylation is 1. The summed E-state index contributed by atoms with van der Waals surface area (Å²) in [5.41, 5.74) is 0.0432. The van der Waals surface area contributed by atoms with Crippen molar-refractivity contribution in [2.45, 2.75) is 59.0 Å². The van der Waals surface area contributed by atoms with Crippen LogP contribution in [0.5, 0.6) is 0 Å². The van der Waals surface area contributed by atoms with E-state index in [9.17, 15) is 4.79 Å². The topological polar surface area (TPSA) is 41.1 Å². The van der Waals surface area contributed by atoms with Gasteiger partial charge in [-0.1, -0.05) is 13.8 Å². The summed E-state index contributed by atoms with van der Waals surface area (Å²) in [6.07, 6.45) is 3.18. The van der Waals surface area contributed by atoms with E-state index in [0.29, 0.717) is 0 Å². The van der Waals surface area contributed by atoms with Crippen LogP contribution in [0.1, 0.15) is 43.4 Å². The van der Waals surface area contributed by atoms with Crippen LogP contribution < -0.4 is 10.6 Å². The first kappa shape index (κ1) is 15.5. The predicted octanol–water partition coefficient (Wildman–Crippen LogP) is 2.88. The summed E-state index contributed by atoms with van der Waals surface area (Å²) in [5.74, 6) is 0.149. The number of hydrogen-bond acceptors (Lipinski definition) is 3. The van der Waals surface area contributed by atoms with E-state index in [1.807, 2.05) is 11.3 Å². The van der Waals surface area contributed by atoms with Crippen LogP contribution in [0.3, 0.4) is 0 Å². The van der Waals surface area contributed by atoms with Gasteiger partial charge in [0, 0.05) is 22.2 Å². The largest absolute Gasteiger partial charge is 0.352 e. The average Bonchev–Trinajstić information content (AvgIpc) is 2.73. The Morgan fingerprint density at radius 2 is 2.30 bits per heavy atom. The molecule has 1 aromatic rings. The molecule has 0 aliphatic carbocycles. The van der Waals surface area contributed by atoms with Gasteiger partial charge in [0.2, 0.25) is 5.91 Å². The molecule has 4 heteroatoms. The van der Waals surface area contributed by atoms with Gasteiger partial charge < -0.3 is 10.6 Å². The van der Waals surface area contributed by atoms with Gasteiger partial charge in [0.1, 0.15) is 0 Å². The Hall–Kier alpha value is -0.870. The van der Waals surface area contributed by atoms with Crippen LogP contribution in [0.2, 0.25) is 0 Å². The lowest BCUT2D eigenvalue weighted by molar-refractivity contribution is -0.127. The van der Waals surface area contributed by atoms with Crippen molar-refractivity contribution in [1.29, 1.82) is 0 Å². The second-order valence-electron chi connectivity index (χ2n) is 6.61. The molecule has 112 valence electrons. The molecule has 1 aliphatic rings. The Labute approximate surface area is 126 Å². The number of carbonyl (C=O) groups excluding carboxylic acids is 1. The maximum Gasteiger partial charge on any atom is 0.237 e. The van der Waals surface area contributed by atoms with Gasteiger partial charge in [0.15, 0.2) is 0 Å². The van der Waals surface area contributed by atoms with Crippen LogP contribution in [0.4, 0.5) is 0 Å². The zero-order valence-corrected chi connectivity index (χ0v) is 13.8. The van der Waals surface area contributed by atoms with E-state index >= 15 is 0 Å². The molecule has 2 atom stereocenters. The molecule has 0 aromatic carbocycles. The summed E-state index contributed by atoms with van der Waals surface area (Å²) in [7, 11) is 0. The first-order valence-electron chi connectivity index (χ1n) is 7.47. The second-order valence-corrected chi connectivity index (χ2v) is 7.98. The van der Waals surface area contributed by atoms with Crippen LogP contribution in [0, 0.1) is 12.3 Å². The average molecular weight is 294 g/mol. The Bertz CT molecular complexity index is 467. The second kappa shape index (κ2) is 6.27. The first-order valence-corrected chi connectivity index (χ1v) is 8.29. The molecule has 0 bridgehead atoms. The van der Waals surface area contributed by atoms with E-state index in [1.54, 1.807) is 0 Å². The minimum atomic E-state index is -0.0660. The van der Waals surface area contributed by atoms with Crippen molar-refractivity contribution in [3.05, 3.63) is 21.9 Å². The van der Waals surface area contributed by atoms with Crippen LogP contribution in [-0.4, -0.2) is 24.5 Å². The van der Waals surface area contributed by atoms with Crippen LogP contribution in [0.25, 0.3) is 0 Å². The van der Waals surface area contributed by atoms with E-state index in [0.717, 1.165) is 25.8 Å². The van der Waals surface area contributed by atoms with Crippen LogP contribution >= 0.6 is 11.3 Å². The minimum Gasteiger partial charge on any atom is -0.352 e. The molecule has 0 radical (unpaired) electrons. The van der Waals surface area contributed by atoms with Crippen LogP contribution in [0.15, 0.2) is 12.1 Å². The fourth-order valence-corrected chi connectivity index (χ4v) is 3.95. The van der Waals surface area contributed by atoms with E-state index in [-0.39, 0.29) is 23.4 Å². The van der Waals surface area contributed by atoms with Crippen molar-refractivity contribution >= 4 is 17.2 Å². The van der Waals surface area contributed by atoms with Crippen molar-refractivity contribution in [3.63, 3.8) is 0 Å². The normalized spacial score (nSPS) is 23.3. The molecule has 0 saturated carbocycles. The number of thiophene rings is 1. The molecule has 2 heterocycles. The van der Waals surface area contributed by atoms with E-state index < -0.39 is 0 Å². The van der Waals surface area contributed by atoms with Gasteiger partial charge in [0.05, 0.1) is 6.04 Å². The fraction of sp³-hybridized carbons (Fsp3) is 0.688. The third-order valence-corrected chi connectivity index (χ3v) is 5.11. The molecule has 2 unspecified atom stereocenters. The first-order chi connectivity index (χ1) is 9.38. The van der Waals surface area contributed by atoms with E-state index in [4.69, 9.17) is 0 Å². The van der Waals surface area contributed by atoms with Gasteiger partial charge in [-0.2, -0.15) is 0 Å². The third kappa shape index (κ3) is 3.83. The molecule has 2 rings (SSSR count). The van der Waals surface area contributed by atoms with Crippen molar-refractivity contribution in [1.82, 2.24) is 10.6 Å². The van der Waals surface area contributed by atoms with Gasteiger partial charge in [-0.25, -0.2) is 0 Å². The summed E-state index contributed by atoms with van der Waals surface area (Å²) >= 11 is 1.81. The number of hydrogen-bond donors (Lipinski definition) is 2. The highest BCUT2D eigenvalue weighted by atomic mass is 32.1. The lowest BCUT2D eigenvalue weighted by Gasteiger charge is -2.38. The number of nitrogens with one attached hydrogen (secondary N) is 2. The molecule has 1 aliphatic heterocycles. The molecule has 1 aromatic heterocycles. The lowest BCUT2D eigenvalue weighted by Crippen LogP contribution is -2.57. The molecule has 3 nitrogen and oxygen atoms in total. The fourth-order valence-electron chi connectivity index (χ4n) is 2.93. The zero-order chi connectivity index (χ0) is 14.8. The summed E-state index contributed by atoms with van der Waals surface area (Å²) in [4.78, 5) is 15.1. The highest BCUT2D eigenvalue weighted by molar-refractivity contribution is 7.11. The smallest absolute Gasteiger partial charge is 0.237 e. The highest BCUT2D eigenvalue weighted by Gasteiger charge is 2.37. The van der Waals surface area contributed by atoms with Crippen LogP contribution in [-0.2, 0) is 11.2 Å². The molecular formula is C16H26N2OS. The van der Waals surface area contributed by atoms with Crippen molar-refractivity contribution in [3.8, 4) is 0 Å². The van der Waals surface area contributed by atoms with Gasteiger partial charge in [0.25, 0.3) is 0 Å². The molecule has 20 heavy (non-hydrogen) atoms. The van der Waals surface area contributed by atoms with Crippen molar-refractivity contribution < 1.29 is 4.79 Å². The molecule has 1 fully saturated rings. The highest BCUT2D eigenvalue weighted by Crippen LogP contribution is 2.30. The quantitative estimate of drug-likeness (QED) is 0.896. The molecule has 1 amide bonds.